The SMILES string of the molecule is CCC(CCO)NC(=O)c1cccc(F)c1F. The zero-order valence-electron chi connectivity index (χ0n) is 9.54. The van der Waals surface area contributed by atoms with Gasteiger partial charge in [0.05, 0.1) is 5.56 Å². The largest absolute Gasteiger partial charge is 0.396 e. The third kappa shape index (κ3) is 3.49. The fraction of sp³-hybridized carbons (Fsp3) is 0.417. The molecule has 0 spiro atoms. The molecule has 0 aliphatic rings. The van der Waals surface area contributed by atoms with Crippen molar-refractivity contribution in [3.05, 3.63) is 35.4 Å². The Morgan fingerprint density at radius 2 is 2.18 bits per heavy atom. The Bertz CT molecular complexity index is 396. The van der Waals surface area contributed by atoms with Gasteiger partial charge in [0.25, 0.3) is 5.91 Å². The van der Waals surface area contributed by atoms with Gasteiger partial charge in [-0.25, -0.2) is 8.78 Å². The summed E-state index contributed by atoms with van der Waals surface area (Å²) in [5, 5.41) is 11.3. The smallest absolute Gasteiger partial charge is 0.254 e. The van der Waals surface area contributed by atoms with Crippen molar-refractivity contribution >= 4 is 5.91 Å². The van der Waals surface area contributed by atoms with E-state index in [4.69, 9.17) is 5.11 Å². The predicted octanol–water partition coefficient (Wildman–Crippen LogP) is 1.86. The number of nitrogens with one attached hydrogen (secondary N) is 1. The van der Waals surface area contributed by atoms with E-state index in [9.17, 15) is 13.6 Å². The Morgan fingerprint density at radius 1 is 1.47 bits per heavy atom. The van der Waals surface area contributed by atoms with E-state index in [-0.39, 0.29) is 18.2 Å². The topological polar surface area (TPSA) is 49.3 Å². The first-order valence-corrected chi connectivity index (χ1v) is 5.45. The van der Waals surface area contributed by atoms with Crippen LogP contribution in [0.4, 0.5) is 8.78 Å². The summed E-state index contributed by atoms with van der Waals surface area (Å²) < 4.78 is 26.2. The number of rotatable bonds is 5. The number of aliphatic hydroxyl groups excluding tert-OH is 1. The summed E-state index contributed by atoms with van der Waals surface area (Å²) in [4.78, 5) is 11.7. The molecule has 1 rings (SSSR count). The van der Waals surface area contributed by atoms with Gasteiger partial charge in [-0.1, -0.05) is 13.0 Å². The van der Waals surface area contributed by atoms with Crippen LogP contribution in [0.3, 0.4) is 0 Å². The molecular formula is C12H15F2NO2. The van der Waals surface area contributed by atoms with Gasteiger partial charge in [0, 0.05) is 12.6 Å². The van der Waals surface area contributed by atoms with Crippen LogP contribution in [0.1, 0.15) is 30.1 Å². The summed E-state index contributed by atoms with van der Waals surface area (Å²) in [5.41, 5.74) is -0.318. The number of halogens is 2. The van der Waals surface area contributed by atoms with Crippen LogP contribution >= 0.6 is 0 Å². The fourth-order valence-electron chi connectivity index (χ4n) is 1.48. The van der Waals surface area contributed by atoms with Gasteiger partial charge < -0.3 is 10.4 Å². The molecule has 1 aromatic carbocycles. The Morgan fingerprint density at radius 3 is 2.76 bits per heavy atom. The molecule has 3 nitrogen and oxygen atoms in total. The van der Waals surface area contributed by atoms with Crippen LogP contribution < -0.4 is 5.32 Å². The number of hydrogen-bond acceptors (Lipinski definition) is 2. The lowest BCUT2D eigenvalue weighted by atomic mass is 10.1. The van der Waals surface area contributed by atoms with Gasteiger partial charge in [0.2, 0.25) is 0 Å². The zero-order valence-corrected chi connectivity index (χ0v) is 9.54. The summed E-state index contributed by atoms with van der Waals surface area (Å²) in [6.07, 6.45) is 1.00. The minimum Gasteiger partial charge on any atom is -0.396 e. The summed E-state index contributed by atoms with van der Waals surface area (Å²) >= 11 is 0. The van der Waals surface area contributed by atoms with Crippen molar-refractivity contribution in [1.29, 1.82) is 0 Å². The van der Waals surface area contributed by atoms with Crippen LogP contribution in [0.25, 0.3) is 0 Å². The third-order valence-electron chi connectivity index (χ3n) is 2.50. The predicted molar refractivity (Wildman–Crippen MR) is 59.6 cm³/mol. The van der Waals surface area contributed by atoms with Crippen LogP contribution in [0.2, 0.25) is 0 Å². The number of carbonyl (C=O) groups excluding carboxylic acids is 1. The highest BCUT2D eigenvalue weighted by molar-refractivity contribution is 5.94. The van der Waals surface area contributed by atoms with E-state index >= 15 is 0 Å². The molecule has 1 unspecified atom stereocenters. The minimum atomic E-state index is -1.15. The molecule has 1 atom stereocenters. The van der Waals surface area contributed by atoms with Crippen molar-refractivity contribution in [1.82, 2.24) is 5.32 Å². The van der Waals surface area contributed by atoms with E-state index in [2.05, 4.69) is 5.32 Å². The van der Waals surface area contributed by atoms with Gasteiger partial charge in [-0.2, -0.15) is 0 Å². The average molecular weight is 243 g/mol. The maximum absolute atomic E-state index is 13.3. The highest BCUT2D eigenvalue weighted by atomic mass is 19.2. The Balaban J connectivity index is 2.79. The molecule has 0 saturated carbocycles. The van der Waals surface area contributed by atoms with E-state index in [1.165, 1.54) is 12.1 Å². The number of carbonyl (C=O) groups is 1. The van der Waals surface area contributed by atoms with E-state index in [1.807, 2.05) is 6.92 Å². The van der Waals surface area contributed by atoms with Crippen LogP contribution in [-0.2, 0) is 0 Å². The Labute approximate surface area is 98.5 Å². The van der Waals surface area contributed by atoms with Crippen LogP contribution in [-0.4, -0.2) is 23.7 Å². The second kappa shape index (κ2) is 6.30. The van der Waals surface area contributed by atoms with Gasteiger partial charge >= 0.3 is 0 Å². The minimum absolute atomic E-state index is 0.0651. The number of amides is 1. The summed E-state index contributed by atoms with van der Waals surface area (Å²) in [5.74, 6) is -2.86. The van der Waals surface area contributed by atoms with Gasteiger partial charge in [0.15, 0.2) is 11.6 Å². The maximum atomic E-state index is 13.3. The Kier molecular flexibility index (Phi) is 5.03. The first-order valence-electron chi connectivity index (χ1n) is 5.45. The molecule has 0 heterocycles. The average Bonchev–Trinajstić information content (AvgIpc) is 2.31. The third-order valence-corrected chi connectivity index (χ3v) is 2.50. The maximum Gasteiger partial charge on any atom is 0.254 e. The van der Waals surface area contributed by atoms with Crippen molar-refractivity contribution < 1.29 is 18.7 Å². The van der Waals surface area contributed by atoms with Crippen molar-refractivity contribution in [2.75, 3.05) is 6.61 Å². The van der Waals surface area contributed by atoms with E-state index in [0.29, 0.717) is 12.8 Å². The lowest BCUT2D eigenvalue weighted by Crippen LogP contribution is -2.35. The molecular weight excluding hydrogens is 228 g/mol. The molecule has 0 saturated heterocycles. The molecule has 0 aliphatic heterocycles. The second-order valence-corrected chi connectivity index (χ2v) is 3.69. The first kappa shape index (κ1) is 13.6. The van der Waals surface area contributed by atoms with Gasteiger partial charge in [-0.3, -0.25) is 4.79 Å². The van der Waals surface area contributed by atoms with Gasteiger partial charge in [-0.05, 0) is 25.0 Å². The summed E-state index contributed by atoms with van der Waals surface area (Å²) in [7, 11) is 0. The summed E-state index contributed by atoms with van der Waals surface area (Å²) in [6, 6.07) is 3.21. The molecule has 0 aliphatic carbocycles. The standard InChI is InChI=1S/C12H15F2NO2/c1-2-8(6-7-16)15-12(17)9-4-3-5-10(13)11(9)14/h3-5,8,16H,2,6-7H2,1H3,(H,15,17). The second-order valence-electron chi connectivity index (χ2n) is 3.69. The van der Waals surface area contributed by atoms with Crippen LogP contribution in [0.5, 0.6) is 0 Å². The van der Waals surface area contributed by atoms with Gasteiger partial charge in [-0.15, -0.1) is 0 Å². The highest BCUT2D eigenvalue weighted by Crippen LogP contribution is 2.11. The lowest BCUT2D eigenvalue weighted by molar-refractivity contribution is 0.0924. The highest BCUT2D eigenvalue weighted by Gasteiger charge is 2.17. The molecule has 0 bridgehead atoms. The van der Waals surface area contributed by atoms with Crippen molar-refractivity contribution in [2.45, 2.75) is 25.8 Å². The molecule has 0 aromatic heterocycles. The normalized spacial score (nSPS) is 12.2. The van der Waals surface area contributed by atoms with Crippen molar-refractivity contribution in [3.63, 3.8) is 0 Å². The first-order chi connectivity index (χ1) is 8.10. The van der Waals surface area contributed by atoms with Gasteiger partial charge in [0.1, 0.15) is 0 Å². The van der Waals surface area contributed by atoms with Crippen molar-refractivity contribution in [2.24, 2.45) is 0 Å². The van der Waals surface area contributed by atoms with Crippen molar-refractivity contribution in [3.8, 4) is 0 Å². The molecule has 1 aromatic rings. The fourth-order valence-corrected chi connectivity index (χ4v) is 1.48. The molecule has 0 fully saturated rings. The van der Waals surface area contributed by atoms with E-state index < -0.39 is 17.5 Å². The lowest BCUT2D eigenvalue weighted by Gasteiger charge is -2.15. The van der Waals surface area contributed by atoms with Crippen LogP contribution in [0.15, 0.2) is 18.2 Å². The molecule has 5 heteroatoms. The molecule has 17 heavy (non-hydrogen) atoms. The Hall–Kier alpha value is -1.49. The zero-order chi connectivity index (χ0) is 12.8. The van der Waals surface area contributed by atoms with E-state index in [0.717, 1.165) is 6.07 Å². The molecule has 2 N–H and O–H groups in total. The summed E-state index contributed by atoms with van der Waals surface area (Å²) in [6.45, 7) is 1.77. The molecule has 0 radical (unpaired) electrons. The number of aliphatic hydroxyl groups is 1. The number of hydrogen-bond donors (Lipinski definition) is 2. The van der Waals surface area contributed by atoms with Crippen LogP contribution in [0, 0.1) is 11.6 Å². The monoisotopic (exact) mass is 243 g/mol. The number of benzene rings is 1. The quantitative estimate of drug-likeness (QED) is 0.829. The van der Waals surface area contributed by atoms with E-state index in [1.54, 1.807) is 0 Å². The molecule has 1 amide bonds. The molecule has 94 valence electrons.